The monoisotopic (exact) mass is 211 g/mol. The highest BCUT2D eigenvalue weighted by molar-refractivity contribution is 4.87. The van der Waals surface area contributed by atoms with Crippen molar-refractivity contribution < 1.29 is 0 Å². The summed E-state index contributed by atoms with van der Waals surface area (Å²) in [6.07, 6.45) is 10.9. The second kappa shape index (κ2) is 11.8. The zero-order valence-electron chi connectivity index (χ0n) is 10.8. The number of hydrogen-bond acceptors (Lipinski definition) is 1. The van der Waals surface area contributed by atoms with E-state index in [4.69, 9.17) is 0 Å². The van der Waals surface area contributed by atoms with Crippen LogP contribution >= 0.6 is 0 Å². The van der Waals surface area contributed by atoms with Gasteiger partial charge in [-0.2, -0.15) is 0 Å². The summed E-state index contributed by atoms with van der Waals surface area (Å²) in [5.41, 5.74) is 1.28. The van der Waals surface area contributed by atoms with Crippen LogP contribution in [0.25, 0.3) is 0 Å². The van der Waals surface area contributed by atoms with Crippen LogP contribution < -0.4 is 5.32 Å². The first-order chi connectivity index (χ1) is 7.27. The molecule has 0 radical (unpaired) electrons. The van der Waals surface area contributed by atoms with Gasteiger partial charge in [-0.1, -0.05) is 51.0 Å². The second-order valence-corrected chi connectivity index (χ2v) is 4.58. The van der Waals surface area contributed by atoms with Crippen molar-refractivity contribution in [2.45, 2.75) is 65.2 Å². The molecule has 0 saturated heterocycles. The van der Waals surface area contributed by atoms with Crippen molar-refractivity contribution >= 4 is 0 Å². The quantitative estimate of drug-likeness (QED) is 0.397. The fourth-order valence-corrected chi connectivity index (χ4v) is 1.63. The average molecular weight is 211 g/mol. The lowest BCUT2D eigenvalue weighted by atomic mass is 10.1. The highest BCUT2D eigenvalue weighted by Gasteiger charge is 1.91. The molecule has 0 atom stereocenters. The van der Waals surface area contributed by atoms with Gasteiger partial charge in [-0.25, -0.2) is 0 Å². The van der Waals surface area contributed by atoms with Crippen LogP contribution in [0.4, 0.5) is 0 Å². The van der Waals surface area contributed by atoms with E-state index in [-0.39, 0.29) is 0 Å². The van der Waals surface area contributed by atoms with Crippen molar-refractivity contribution in [2.75, 3.05) is 13.1 Å². The molecule has 0 aromatic carbocycles. The summed E-state index contributed by atoms with van der Waals surface area (Å²) >= 11 is 0. The molecule has 90 valence electrons. The first-order valence-electron chi connectivity index (χ1n) is 6.62. The average Bonchev–Trinajstić information content (AvgIpc) is 2.20. The highest BCUT2D eigenvalue weighted by atomic mass is 14.8. The third kappa shape index (κ3) is 13.7. The zero-order valence-corrected chi connectivity index (χ0v) is 10.8. The van der Waals surface area contributed by atoms with Gasteiger partial charge in [-0.05, 0) is 32.9 Å². The predicted molar refractivity (Wildman–Crippen MR) is 70.3 cm³/mol. The number of hydrogen-bond donors (Lipinski definition) is 1. The van der Waals surface area contributed by atoms with Gasteiger partial charge in [-0.3, -0.25) is 0 Å². The Morgan fingerprint density at radius 3 is 2.13 bits per heavy atom. The minimum atomic E-state index is 1.10. The van der Waals surface area contributed by atoms with E-state index >= 15 is 0 Å². The molecule has 1 nitrogen and oxygen atoms in total. The summed E-state index contributed by atoms with van der Waals surface area (Å²) in [6, 6.07) is 0. The summed E-state index contributed by atoms with van der Waals surface area (Å²) in [5.74, 6) is 0. The van der Waals surface area contributed by atoms with E-state index in [2.05, 4.69) is 25.7 Å². The maximum absolute atomic E-state index is 3.89. The van der Waals surface area contributed by atoms with Crippen LogP contribution in [0.3, 0.4) is 0 Å². The molecule has 0 aromatic heterocycles. The number of rotatable bonds is 11. The van der Waals surface area contributed by atoms with Crippen LogP contribution in [0, 0.1) is 0 Å². The Kier molecular flexibility index (Phi) is 11.5. The molecular weight excluding hydrogens is 182 g/mol. The largest absolute Gasteiger partial charge is 0.316 e. The molecule has 0 aliphatic rings. The summed E-state index contributed by atoms with van der Waals surface area (Å²) < 4.78 is 0. The zero-order chi connectivity index (χ0) is 11.4. The Morgan fingerprint density at radius 2 is 1.53 bits per heavy atom. The maximum Gasteiger partial charge on any atom is -0.00118 e. The van der Waals surface area contributed by atoms with Crippen molar-refractivity contribution in [1.82, 2.24) is 5.32 Å². The van der Waals surface area contributed by atoms with Crippen LogP contribution in [0.2, 0.25) is 0 Å². The molecule has 0 aromatic rings. The van der Waals surface area contributed by atoms with E-state index < -0.39 is 0 Å². The molecule has 1 heteroatoms. The molecule has 0 rings (SSSR count). The van der Waals surface area contributed by atoms with Crippen LogP contribution in [-0.2, 0) is 0 Å². The lowest BCUT2D eigenvalue weighted by Gasteiger charge is -2.04. The summed E-state index contributed by atoms with van der Waals surface area (Å²) in [4.78, 5) is 0. The lowest BCUT2D eigenvalue weighted by molar-refractivity contribution is 0.563. The summed E-state index contributed by atoms with van der Waals surface area (Å²) in [7, 11) is 0. The van der Waals surface area contributed by atoms with Crippen LogP contribution in [0.1, 0.15) is 65.2 Å². The molecule has 0 aliphatic heterocycles. The van der Waals surface area contributed by atoms with Crippen molar-refractivity contribution in [3.8, 4) is 0 Å². The van der Waals surface area contributed by atoms with Crippen LogP contribution in [-0.4, -0.2) is 13.1 Å². The second-order valence-electron chi connectivity index (χ2n) is 4.58. The molecule has 0 spiro atoms. The molecule has 0 saturated carbocycles. The van der Waals surface area contributed by atoms with Gasteiger partial charge in [0, 0.05) is 0 Å². The van der Waals surface area contributed by atoms with E-state index in [0.29, 0.717) is 0 Å². The smallest absolute Gasteiger partial charge is 0.00118 e. The third-order valence-electron chi connectivity index (χ3n) is 2.69. The Labute approximate surface area is 96.3 Å². The van der Waals surface area contributed by atoms with Gasteiger partial charge in [0.1, 0.15) is 0 Å². The Hall–Kier alpha value is -0.300. The third-order valence-corrected chi connectivity index (χ3v) is 2.69. The topological polar surface area (TPSA) is 12.0 Å². The maximum atomic E-state index is 3.89. The van der Waals surface area contributed by atoms with Gasteiger partial charge >= 0.3 is 0 Å². The highest BCUT2D eigenvalue weighted by Crippen LogP contribution is 2.06. The number of nitrogens with one attached hydrogen (secondary N) is 1. The van der Waals surface area contributed by atoms with E-state index in [1.807, 2.05) is 0 Å². The molecule has 0 fully saturated rings. The van der Waals surface area contributed by atoms with Crippen LogP contribution in [0.15, 0.2) is 12.2 Å². The van der Waals surface area contributed by atoms with Crippen molar-refractivity contribution in [3.05, 3.63) is 12.2 Å². The van der Waals surface area contributed by atoms with Crippen molar-refractivity contribution in [2.24, 2.45) is 0 Å². The standard InChI is InChI=1S/C14H29N/c1-4-5-6-7-8-9-10-12-15-13-11-14(2)3/h15H,2,4-13H2,1,3H3. The minimum Gasteiger partial charge on any atom is -0.316 e. The van der Waals surface area contributed by atoms with Crippen LogP contribution in [0.5, 0.6) is 0 Å². The molecule has 0 aliphatic carbocycles. The minimum absolute atomic E-state index is 1.10. The van der Waals surface area contributed by atoms with E-state index in [9.17, 15) is 0 Å². The summed E-state index contributed by atoms with van der Waals surface area (Å²) in [6.45, 7) is 10.5. The Balaban J connectivity index is 2.89. The predicted octanol–water partition coefficient (Wildman–Crippen LogP) is 4.29. The molecule has 0 amide bonds. The van der Waals surface area contributed by atoms with Gasteiger partial charge in [0.25, 0.3) is 0 Å². The molecule has 0 heterocycles. The van der Waals surface area contributed by atoms with E-state index in [1.54, 1.807) is 0 Å². The first-order valence-corrected chi connectivity index (χ1v) is 6.62. The fourth-order valence-electron chi connectivity index (χ4n) is 1.63. The van der Waals surface area contributed by atoms with Gasteiger partial charge < -0.3 is 5.32 Å². The lowest BCUT2D eigenvalue weighted by Crippen LogP contribution is -2.16. The Bertz CT molecular complexity index is 140. The molecular formula is C14H29N. The van der Waals surface area contributed by atoms with E-state index in [0.717, 1.165) is 13.0 Å². The van der Waals surface area contributed by atoms with E-state index in [1.165, 1.54) is 57.1 Å². The van der Waals surface area contributed by atoms with Gasteiger partial charge in [0.2, 0.25) is 0 Å². The summed E-state index contributed by atoms with van der Waals surface area (Å²) in [5, 5.41) is 3.46. The first kappa shape index (κ1) is 14.7. The fraction of sp³-hybridized carbons (Fsp3) is 0.857. The SMILES string of the molecule is C=C(C)CCNCCCCCCCCC. The van der Waals surface area contributed by atoms with Crippen molar-refractivity contribution in [3.63, 3.8) is 0 Å². The van der Waals surface area contributed by atoms with Gasteiger partial charge in [0.05, 0.1) is 0 Å². The van der Waals surface area contributed by atoms with Crippen molar-refractivity contribution in [1.29, 1.82) is 0 Å². The normalized spacial score (nSPS) is 10.5. The van der Waals surface area contributed by atoms with Gasteiger partial charge in [0.15, 0.2) is 0 Å². The Morgan fingerprint density at radius 1 is 0.933 bits per heavy atom. The van der Waals surface area contributed by atoms with Gasteiger partial charge in [-0.15, -0.1) is 6.58 Å². The molecule has 1 N–H and O–H groups in total. The number of unbranched alkanes of at least 4 members (excludes halogenated alkanes) is 6. The molecule has 0 unspecified atom stereocenters. The molecule has 0 bridgehead atoms. The molecule has 15 heavy (non-hydrogen) atoms.